The molecule has 1 saturated heterocycles. The fourth-order valence-corrected chi connectivity index (χ4v) is 2.29. The monoisotopic (exact) mass is 252 g/mol. The van der Waals surface area contributed by atoms with Crippen molar-refractivity contribution < 1.29 is 9.47 Å². The second-order valence-corrected chi connectivity index (χ2v) is 5.27. The van der Waals surface area contributed by atoms with Crippen molar-refractivity contribution in [2.75, 3.05) is 13.2 Å². The fraction of sp³-hybridized carbons (Fsp3) is 0.714. The van der Waals surface area contributed by atoms with Gasteiger partial charge in [-0.05, 0) is 32.4 Å². The van der Waals surface area contributed by atoms with E-state index >= 15 is 0 Å². The minimum absolute atomic E-state index is 0.162. The van der Waals surface area contributed by atoms with Crippen LogP contribution >= 0.6 is 0 Å². The lowest BCUT2D eigenvalue weighted by molar-refractivity contribution is -0.137. The van der Waals surface area contributed by atoms with E-state index < -0.39 is 5.79 Å². The molecular weight excluding hydrogens is 228 g/mol. The van der Waals surface area contributed by atoms with E-state index in [1.165, 1.54) is 5.69 Å². The van der Waals surface area contributed by atoms with E-state index in [1.54, 1.807) is 0 Å². The topological polar surface area (TPSA) is 35.4 Å². The van der Waals surface area contributed by atoms with E-state index in [2.05, 4.69) is 35.1 Å². The Balaban J connectivity index is 1.74. The van der Waals surface area contributed by atoms with Crippen LogP contribution in [0.2, 0.25) is 0 Å². The molecule has 0 spiro atoms. The summed E-state index contributed by atoms with van der Waals surface area (Å²) in [6.45, 7) is 9.59. The van der Waals surface area contributed by atoms with Gasteiger partial charge in [-0.3, -0.25) is 0 Å². The summed E-state index contributed by atoms with van der Waals surface area (Å²) in [4.78, 5) is 0. The molecule has 0 bridgehead atoms. The van der Waals surface area contributed by atoms with E-state index in [9.17, 15) is 0 Å². The van der Waals surface area contributed by atoms with Crippen molar-refractivity contribution in [3.05, 3.63) is 24.0 Å². The highest BCUT2D eigenvalue weighted by Gasteiger charge is 2.32. The standard InChI is InChI=1S/C14H24N2O2/c1-4-7-16-8-5-6-12(16)9-15-10-13-11-17-14(2,3)18-13/h5-6,8,13,15H,4,7,9-11H2,1-3H3. The Morgan fingerprint density at radius 2 is 2.33 bits per heavy atom. The number of hydrogen-bond donors (Lipinski definition) is 1. The van der Waals surface area contributed by atoms with Crippen molar-refractivity contribution >= 4 is 0 Å². The zero-order valence-corrected chi connectivity index (χ0v) is 11.6. The van der Waals surface area contributed by atoms with Gasteiger partial charge in [-0.2, -0.15) is 0 Å². The quantitative estimate of drug-likeness (QED) is 0.842. The summed E-state index contributed by atoms with van der Waals surface area (Å²) in [6.07, 6.45) is 3.46. The molecule has 1 unspecified atom stereocenters. The highest BCUT2D eigenvalue weighted by molar-refractivity contribution is 5.06. The zero-order valence-electron chi connectivity index (χ0n) is 11.6. The molecule has 0 saturated carbocycles. The highest BCUT2D eigenvalue weighted by Crippen LogP contribution is 2.21. The number of nitrogens with zero attached hydrogens (tertiary/aromatic N) is 1. The van der Waals surface area contributed by atoms with E-state index in [1.807, 2.05) is 13.8 Å². The van der Waals surface area contributed by atoms with Crippen LogP contribution in [0.25, 0.3) is 0 Å². The van der Waals surface area contributed by atoms with Gasteiger partial charge in [0.1, 0.15) is 0 Å². The first kappa shape index (κ1) is 13.6. The Hall–Kier alpha value is -0.840. The van der Waals surface area contributed by atoms with Crippen molar-refractivity contribution in [3.63, 3.8) is 0 Å². The molecule has 2 rings (SSSR count). The first-order valence-electron chi connectivity index (χ1n) is 6.77. The largest absolute Gasteiger partial charge is 0.350 e. The molecule has 1 aromatic heterocycles. The Labute approximate surface area is 109 Å². The molecule has 1 aliphatic heterocycles. The molecule has 4 heteroatoms. The summed E-state index contributed by atoms with van der Waals surface area (Å²) in [5, 5.41) is 3.44. The lowest BCUT2D eigenvalue weighted by Crippen LogP contribution is -2.30. The Bertz CT molecular complexity index is 374. The fourth-order valence-electron chi connectivity index (χ4n) is 2.29. The highest BCUT2D eigenvalue weighted by atomic mass is 16.7. The predicted octanol–water partition coefficient (Wildman–Crippen LogP) is 2.14. The molecule has 0 aromatic carbocycles. The average Bonchev–Trinajstić information content (AvgIpc) is 2.87. The van der Waals surface area contributed by atoms with E-state index in [4.69, 9.17) is 9.47 Å². The van der Waals surface area contributed by atoms with Gasteiger partial charge in [0.25, 0.3) is 0 Å². The maximum atomic E-state index is 5.75. The molecule has 4 nitrogen and oxygen atoms in total. The molecule has 2 heterocycles. The van der Waals surface area contributed by atoms with Gasteiger partial charge in [0.05, 0.1) is 12.7 Å². The van der Waals surface area contributed by atoms with E-state index in [0.717, 1.165) is 26.1 Å². The molecule has 0 aliphatic carbocycles. The molecule has 18 heavy (non-hydrogen) atoms. The van der Waals surface area contributed by atoms with Gasteiger partial charge in [0.2, 0.25) is 0 Å². The second-order valence-electron chi connectivity index (χ2n) is 5.27. The van der Waals surface area contributed by atoms with Crippen LogP contribution in [0.15, 0.2) is 18.3 Å². The summed E-state index contributed by atoms with van der Waals surface area (Å²) < 4.78 is 13.6. The maximum Gasteiger partial charge on any atom is 0.163 e. The minimum atomic E-state index is -0.422. The molecule has 0 amide bonds. The van der Waals surface area contributed by atoms with Crippen LogP contribution in [-0.2, 0) is 22.6 Å². The number of hydrogen-bond acceptors (Lipinski definition) is 3. The van der Waals surface area contributed by atoms with Crippen LogP contribution in [-0.4, -0.2) is 29.6 Å². The summed E-state index contributed by atoms with van der Waals surface area (Å²) in [6, 6.07) is 4.27. The first-order chi connectivity index (χ1) is 8.61. The summed E-state index contributed by atoms with van der Waals surface area (Å²) in [5.41, 5.74) is 1.33. The molecular formula is C14H24N2O2. The lowest BCUT2D eigenvalue weighted by atomic mass is 10.3. The number of nitrogens with one attached hydrogen (secondary N) is 1. The van der Waals surface area contributed by atoms with Gasteiger partial charge in [-0.15, -0.1) is 0 Å². The van der Waals surface area contributed by atoms with Gasteiger partial charge in [0.15, 0.2) is 5.79 Å². The molecule has 102 valence electrons. The SMILES string of the molecule is CCCn1cccc1CNCC1COC(C)(C)O1. The molecule has 1 aromatic rings. The Kier molecular flexibility index (Phi) is 4.43. The van der Waals surface area contributed by atoms with Crippen LogP contribution < -0.4 is 5.32 Å². The summed E-state index contributed by atoms with van der Waals surface area (Å²) in [5.74, 6) is -0.422. The number of aromatic nitrogens is 1. The van der Waals surface area contributed by atoms with Crippen molar-refractivity contribution in [2.45, 2.75) is 52.2 Å². The van der Waals surface area contributed by atoms with E-state index in [0.29, 0.717) is 6.61 Å². The Morgan fingerprint density at radius 3 is 3.00 bits per heavy atom. The Morgan fingerprint density at radius 1 is 1.50 bits per heavy atom. The first-order valence-corrected chi connectivity index (χ1v) is 6.77. The third kappa shape index (κ3) is 3.57. The van der Waals surface area contributed by atoms with Crippen molar-refractivity contribution in [1.29, 1.82) is 0 Å². The predicted molar refractivity (Wildman–Crippen MR) is 71.3 cm³/mol. The van der Waals surface area contributed by atoms with Gasteiger partial charge in [-0.25, -0.2) is 0 Å². The summed E-state index contributed by atoms with van der Waals surface area (Å²) in [7, 11) is 0. The normalized spacial score (nSPS) is 22.5. The number of aryl methyl sites for hydroxylation is 1. The zero-order chi connectivity index (χ0) is 13.0. The second kappa shape index (κ2) is 5.87. The molecule has 1 fully saturated rings. The molecule has 1 aliphatic rings. The van der Waals surface area contributed by atoms with Crippen molar-refractivity contribution in [3.8, 4) is 0 Å². The van der Waals surface area contributed by atoms with Crippen LogP contribution in [0.5, 0.6) is 0 Å². The third-order valence-corrected chi connectivity index (χ3v) is 3.13. The van der Waals surface area contributed by atoms with Crippen LogP contribution in [0.4, 0.5) is 0 Å². The lowest BCUT2D eigenvalue weighted by Gasteiger charge is -2.17. The molecule has 0 radical (unpaired) electrons. The van der Waals surface area contributed by atoms with Crippen molar-refractivity contribution in [1.82, 2.24) is 9.88 Å². The van der Waals surface area contributed by atoms with Gasteiger partial charge < -0.3 is 19.4 Å². The van der Waals surface area contributed by atoms with Gasteiger partial charge in [0, 0.05) is 31.5 Å². The molecule has 1 N–H and O–H groups in total. The van der Waals surface area contributed by atoms with Crippen LogP contribution in [0.1, 0.15) is 32.9 Å². The van der Waals surface area contributed by atoms with Crippen LogP contribution in [0, 0.1) is 0 Å². The third-order valence-electron chi connectivity index (χ3n) is 3.13. The van der Waals surface area contributed by atoms with Crippen molar-refractivity contribution in [2.24, 2.45) is 0 Å². The number of ether oxygens (including phenoxy) is 2. The number of rotatable bonds is 6. The van der Waals surface area contributed by atoms with Crippen LogP contribution in [0.3, 0.4) is 0 Å². The van der Waals surface area contributed by atoms with E-state index in [-0.39, 0.29) is 6.10 Å². The summed E-state index contributed by atoms with van der Waals surface area (Å²) >= 11 is 0. The smallest absolute Gasteiger partial charge is 0.163 e. The minimum Gasteiger partial charge on any atom is -0.350 e. The van der Waals surface area contributed by atoms with Gasteiger partial charge in [-0.1, -0.05) is 6.92 Å². The maximum absolute atomic E-state index is 5.75. The average molecular weight is 252 g/mol. The van der Waals surface area contributed by atoms with Gasteiger partial charge >= 0.3 is 0 Å². The molecule has 1 atom stereocenters.